The van der Waals surface area contributed by atoms with E-state index in [9.17, 15) is 5.11 Å². The standard InChI is InChI=1S/C25H20N4OS/c30-15-19-11-5-4-10-18(19)14-27-24-22-20(17-8-2-1-3-9-17)16-31-25(22)29-23(28-24)21-12-6-7-13-26-21/h1-13,16,30H,14-15H2,(H,27,28,29). The molecule has 2 aromatic carbocycles. The topological polar surface area (TPSA) is 70.9 Å². The van der Waals surface area contributed by atoms with Gasteiger partial charge in [-0.2, -0.15) is 0 Å². The van der Waals surface area contributed by atoms with E-state index in [0.29, 0.717) is 12.4 Å². The molecule has 0 amide bonds. The molecular weight excluding hydrogens is 404 g/mol. The van der Waals surface area contributed by atoms with Gasteiger partial charge in [0.2, 0.25) is 0 Å². The number of rotatable bonds is 6. The average Bonchev–Trinajstić information content (AvgIpc) is 3.28. The van der Waals surface area contributed by atoms with E-state index < -0.39 is 0 Å². The van der Waals surface area contributed by atoms with E-state index in [1.807, 2.05) is 60.7 Å². The molecule has 0 aliphatic rings. The molecule has 152 valence electrons. The van der Waals surface area contributed by atoms with Gasteiger partial charge in [0, 0.05) is 23.7 Å². The minimum atomic E-state index is 0.00391. The summed E-state index contributed by atoms with van der Waals surface area (Å²) in [6.45, 7) is 0.554. The van der Waals surface area contributed by atoms with Crippen LogP contribution >= 0.6 is 11.3 Å². The molecule has 0 atom stereocenters. The first kappa shape index (κ1) is 19.4. The number of aliphatic hydroxyl groups excluding tert-OH is 1. The van der Waals surface area contributed by atoms with Crippen LogP contribution in [0.25, 0.3) is 32.9 Å². The van der Waals surface area contributed by atoms with Crippen LogP contribution in [0.2, 0.25) is 0 Å². The largest absolute Gasteiger partial charge is 0.392 e. The molecule has 6 heteroatoms. The zero-order valence-electron chi connectivity index (χ0n) is 16.7. The molecule has 0 radical (unpaired) electrons. The average molecular weight is 425 g/mol. The van der Waals surface area contributed by atoms with Gasteiger partial charge in [0.05, 0.1) is 12.0 Å². The highest BCUT2D eigenvalue weighted by Crippen LogP contribution is 2.38. The minimum absolute atomic E-state index is 0.00391. The molecule has 5 nitrogen and oxygen atoms in total. The van der Waals surface area contributed by atoms with Gasteiger partial charge in [-0.25, -0.2) is 9.97 Å². The molecule has 0 bridgehead atoms. The quantitative estimate of drug-likeness (QED) is 0.375. The van der Waals surface area contributed by atoms with Crippen molar-refractivity contribution in [3.63, 3.8) is 0 Å². The van der Waals surface area contributed by atoms with Crippen LogP contribution < -0.4 is 5.32 Å². The van der Waals surface area contributed by atoms with Gasteiger partial charge in [-0.1, -0.05) is 60.7 Å². The van der Waals surface area contributed by atoms with E-state index in [0.717, 1.165) is 44.0 Å². The smallest absolute Gasteiger partial charge is 0.181 e. The van der Waals surface area contributed by atoms with E-state index in [1.165, 1.54) is 0 Å². The fraction of sp³-hybridized carbons (Fsp3) is 0.0800. The number of anilines is 1. The molecule has 3 heterocycles. The number of thiophene rings is 1. The summed E-state index contributed by atoms with van der Waals surface area (Å²) >= 11 is 1.60. The van der Waals surface area contributed by atoms with Crippen molar-refractivity contribution in [1.82, 2.24) is 15.0 Å². The number of hydrogen-bond acceptors (Lipinski definition) is 6. The Morgan fingerprint density at radius 3 is 2.39 bits per heavy atom. The predicted octanol–water partition coefficient (Wildman–Crippen LogP) is 5.52. The van der Waals surface area contributed by atoms with Crippen LogP contribution in [0.4, 0.5) is 5.82 Å². The SMILES string of the molecule is OCc1ccccc1CNc1nc(-c2ccccn2)nc2scc(-c3ccccc3)c12. The lowest BCUT2D eigenvalue weighted by Gasteiger charge is -2.12. The Hall–Kier alpha value is -3.61. The second kappa shape index (κ2) is 8.63. The first-order chi connectivity index (χ1) is 15.3. The lowest BCUT2D eigenvalue weighted by atomic mass is 10.1. The summed E-state index contributed by atoms with van der Waals surface area (Å²) in [5.74, 6) is 1.35. The first-order valence-electron chi connectivity index (χ1n) is 10.0. The maximum absolute atomic E-state index is 9.68. The Morgan fingerprint density at radius 1 is 0.839 bits per heavy atom. The molecule has 0 saturated carbocycles. The van der Waals surface area contributed by atoms with Crippen LogP contribution in [-0.4, -0.2) is 20.1 Å². The number of nitrogens with one attached hydrogen (secondary N) is 1. The number of pyridine rings is 1. The second-order valence-corrected chi connectivity index (χ2v) is 7.94. The summed E-state index contributed by atoms with van der Waals surface area (Å²) in [4.78, 5) is 15.0. The lowest BCUT2D eigenvalue weighted by molar-refractivity contribution is 0.280. The zero-order valence-corrected chi connectivity index (χ0v) is 17.5. The minimum Gasteiger partial charge on any atom is -0.392 e. The van der Waals surface area contributed by atoms with E-state index in [1.54, 1.807) is 17.5 Å². The molecule has 0 aliphatic carbocycles. The van der Waals surface area contributed by atoms with Crippen LogP contribution in [0.5, 0.6) is 0 Å². The van der Waals surface area contributed by atoms with Crippen molar-refractivity contribution < 1.29 is 5.11 Å². The molecule has 0 fully saturated rings. The third-order valence-corrected chi connectivity index (χ3v) is 6.02. The third-order valence-electron chi connectivity index (χ3n) is 5.15. The highest BCUT2D eigenvalue weighted by atomic mass is 32.1. The molecule has 31 heavy (non-hydrogen) atoms. The van der Waals surface area contributed by atoms with Crippen LogP contribution in [-0.2, 0) is 13.2 Å². The third kappa shape index (κ3) is 3.91. The van der Waals surface area contributed by atoms with Crippen molar-refractivity contribution in [2.45, 2.75) is 13.2 Å². The highest BCUT2D eigenvalue weighted by Gasteiger charge is 2.17. The number of aromatic nitrogens is 3. The van der Waals surface area contributed by atoms with Crippen molar-refractivity contribution in [2.75, 3.05) is 5.32 Å². The number of hydrogen-bond donors (Lipinski definition) is 2. The maximum Gasteiger partial charge on any atom is 0.181 e. The Kier molecular flexibility index (Phi) is 5.39. The van der Waals surface area contributed by atoms with Crippen LogP contribution in [0.3, 0.4) is 0 Å². The molecule has 0 spiro atoms. The normalized spacial score (nSPS) is 11.0. The van der Waals surface area contributed by atoms with Crippen molar-refractivity contribution in [2.24, 2.45) is 0 Å². The van der Waals surface area contributed by atoms with Crippen molar-refractivity contribution in [1.29, 1.82) is 0 Å². The van der Waals surface area contributed by atoms with E-state index in [4.69, 9.17) is 9.97 Å². The maximum atomic E-state index is 9.68. The van der Waals surface area contributed by atoms with Gasteiger partial charge in [0.15, 0.2) is 5.82 Å². The van der Waals surface area contributed by atoms with Gasteiger partial charge in [-0.05, 0) is 28.8 Å². The molecule has 0 unspecified atom stereocenters. The molecule has 5 aromatic rings. The van der Waals surface area contributed by atoms with Crippen molar-refractivity contribution >= 4 is 27.4 Å². The summed E-state index contributed by atoms with van der Waals surface area (Å²) in [5, 5.41) is 16.3. The second-order valence-electron chi connectivity index (χ2n) is 7.09. The van der Waals surface area contributed by atoms with Crippen molar-refractivity contribution in [3.05, 3.63) is 95.5 Å². The number of benzene rings is 2. The van der Waals surface area contributed by atoms with Gasteiger partial charge in [0.25, 0.3) is 0 Å². The predicted molar refractivity (Wildman–Crippen MR) is 126 cm³/mol. The summed E-state index contributed by atoms with van der Waals surface area (Å²) < 4.78 is 0. The summed E-state index contributed by atoms with van der Waals surface area (Å²) in [5.41, 5.74) is 4.90. The molecule has 5 rings (SSSR count). The Morgan fingerprint density at radius 2 is 1.61 bits per heavy atom. The molecule has 2 N–H and O–H groups in total. The van der Waals surface area contributed by atoms with Crippen LogP contribution in [0, 0.1) is 0 Å². The Labute approximate surface area is 184 Å². The molecule has 0 saturated heterocycles. The highest BCUT2D eigenvalue weighted by molar-refractivity contribution is 7.17. The van der Waals surface area contributed by atoms with E-state index >= 15 is 0 Å². The summed E-state index contributed by atoms with van der Waals surface area (Å²) in [7, 11) is 0. The van der Waals surface area contributed by atoms with E-state index in [-0.39, 0.29) is 6.61 Å². The zero-order chi connectivity index (χ0) is 21.0. The van der Waals surface area contributed by atoms with Gasteiger partial charge in [0.1, 0.15) is 16.3 Å². The van der Waals surface area contributed by atoms with E-state index in [2.05, 4.69) is 27.8 Å². The van der Waals surface area contributed by atoms with Gasteiger partial charge in [-0.15, -0.1) is 11.3 Å². The van der Waals surface area contributed by atoms with Gasteiger partial charge in [-0.3, -0.25) is 4.98 Å². The lowest BCUT2D eigenvalue weighted by Crippen LogP contribution is -2.06. The van der Waals surface area contributed by atoms with Gasteiger partial charge < -0.3 is 10.4 Å². The summed E-state index contributed by atoms with van der Waals surface area (Å²) in [6.07, 6.45) is 1.75. The van der Waals surface area contributed by atoms with Gasteiger partial charge >= 0.3 is 0 Å². The summed E-state index contributed by atoms with van der Waals surface area (Å²) in [6, 6.07) is 23.9. The fourth-order valence-electron chi connectivity index (χ4n) is 3.57. The Balaban J connectivity index is 1.63. The van der Waals surface area contributed by atoms with Crippen LogP contribution in [0.15, 0.2) is 84.4 Å². The van der Waals surface area contributed by atoms with Crippen molar-refractivity contribution in [3.8, 4) is 22.6 Å². The number of fused-ring (bicyclic) bond motifs is 1. The molecule has 0 aliphatic heterocycles. The monoisotopic (exact) mass is 424 g/mol. The Bertz CT molecular complexity index is 1320. The number of nitrogens with zero attached hydrogens (tertiary/aromatic N) is 3. The van der Waals surface area contributed by atoms with Crippen LogP contribution in [0.1, 0.15) is 11.1 Å². The number of aliphatic hydroxyl groups is 1. The molecular formula is C25H20N4OS. The first-order valence-corrected chi connectivity index (χ1v) is 10.9. The fourth-order valence-corrected chi connectivity index (χ4v) is 4.52. The molecule has 3 aromatic heterocycles.